The molecule has 2 aliphatic heterocycles. The molecule has 2 aromatic rings. The first-order valence-electron chi connectivity index (χ1n) is 8.89. The Morgan fingerprint density at radius 3 is 2.78 bits per heavy atom. The molecule has 7 nitrogen and oxygen atoms in total. The van der Waals surface area contributed by atoms with Crippen LogP contribution in [0.5, 0.6) is 0 Å². The molecule has 2 amide bonds. The largest absolute Gasteiger partial charge is 0.364 e. The van der Waals surface area contributed by atoms with Gasteiger partial charge in [-0.1, -0.05) is 41.9 Å². The summed E-state index contributed by atoms with van der Waals surface area (Å²) in [6, 6.07) is 9.79. The zero-order valence-corrected chi connectivity index (χ0v) is 16.0. The lowest BCUT2D eigenvalue weighted by molar-refractivity contribution is -0.150. The Hall–Kier alpha value is -2.38. The third-order valence-corrected chi connectivity index (χ3v) is 5.87. The summed E-state index contributed by atoms with van der Waals surface area (Å²) in [6.45, 7) is 2.62. The van der Waals surface area contributed by atoms with E-state index in [0.717, 1.165) is 5.56 Å². The fourth-order valence-electron chi connectivity index (χ4n) is 4.06. The van der Waals surface area contributed by atoms with E-state index >= 15 is 0 Å². The molecule has 3 heterocycles. The van der Waals surface area contributed by atoms with Crippen LogP contribution in [0.25, 0.3) is 0 Å². The summed E-state index contributed by atoms with van der Waals surface area (Å²) in [4.78, 5) is 26.9. The number of rotatable bonds is 2. The molecule has 0 unspecified atom stereocenters. The Balaban J connectivity index is 1.64. The second-order valence-corrected chi connectivity index (χ2v) is 7.44. The number of aryl methyl sites for hydroxylation is 2. The molecule has 0 aliphatic carbocycles. The van der Waals surface area contributed by atoms with Gasteiger partial charge in [0.05, 0.1) is 16.3 Å². The lowest BCUT2D eigenvalue weighted by Crippen LogP contribution is -2.67. The van der Waals surface area contributed by atoms with E-state index in [-0.39, 0.29) is 24.5 Å². The molecule has 0 spiro atoms. The summed E-state index contributed by atoms with van der Waals surface area (Å²) in [5, 5.41) is 7.73. The smallest absolute Gasteiger partial charge is 0.273 e. The van der Waals surface area contributed by atoms with Crippen LogP contribution in [0.15, 0.2) is 30.3 Å². The number of hydrogen-bond acceptors (Lipinski definition) is 4. The minimum atomic E-state index is -0.625. The molecule has 8 heteroatoms. The second kappa shape index (κ2) is 6.65. The van der Waals surface area contributed by atoms with Crippen LogP contribution in [0.2, 0.25) is 5.02 Å². The van der Waals surface area contributed by atoms with Crippen LogP contribution in [0.3, 0.4) is 0 Å². The zero-order chi connectivity index (χ0) is 19.2. The van der Waals surface area contributed by atoms with Gasteiger partial charge in [-0.15, -0.1) is 0 Å². The van der Waals surface area contributed by atoms with Gasteiger partial charge in [-0.05, 0) is 18.9 Å². The van der Waals surface area contributed by atoms with E-state index in [0.29, 0.717) is 35.9 Å². The van der Waals surface area contributed by atoms with E-state index in [1.54, 1.807) is 18.9 Å². The minimum absolute atomic E-state index is 0.00709. The number of hydrogen-bond donors (Lipinski definition) is 1. The highest BCUT2D eigenvalue weighted by Gasteiger charge is 2.50. The number of ether oxygens (including phenoxy) is 1. The second-order valence-electron chi connectivity index (χ2n) is 7.06. The number of carbonyl (C=O) groups excluding carboxylic acids is 2. The molecular weight excluding hydrogens is 368 g/mol. The van der Waals surface area contributed by atoms with Crippen LogP contribution in [0.1, 0.15) is 28.2 Å². The van der Waals surface area contributed by atoms with Gasteiger partial charge in [0.1, 0.15) is 18.4 Å². The number of morpholine rings is 1. The van der Waals surface area contributed by atoms with Crippen molar-refractivity contribution in [2.45, 2.75) is 25.0 Å². The number of amides is 2. The third-order valence-electron chi connectivity index (χ3n) is 5.42. The predicted octanol–water partition coefficient (Wildman–Crippen LogP) is 1.64. The molecule has 2 saturated heterocycles. The van der Waals surface area contributed by atoms with Gasteiger partial charge in [0.2, 0.25) is 5.91 Å². The summed E-state index contributed by atoms with van der Waals surface area (Å²) in [6.07, 6.45) is 0.233. The van der Waals surface area contributed by atoms with Gasteiger partial charge >= 0.3 is 0 Å². The fraction of sp³-hybridized carbons (Fsp3) is 0.421. The highest BCUT2D eigenvalue weighted by molar-refractivity contribution is 6.34. The molecule has 1 aromatic heterocycles. The van der Waals surface area contributed by atoms with Gasteiger partial charge in [0.25, 0.3) is 5.91 Å². The van der Waals surface area contributed by atoms with Crippen LogP contribution in [0.4, 0.5) is 0 Å². The van der Waals surface area contributed by atoms with Crippen LogP contribution in [-0.4, -0.2) is 52.3 Å². The molecule has 0 bridgehead atoms. The highest BCUT2D eigenvalue weighted by atomic mass is 35.5. The van der Waals surface area contributed by atoms with E-state index < -0.39 is 5.54 Å². The molecule has 2 aliphatic rings. The third kappa shape index (κ3) is 2.91. The van der Waals surface area contributed by atoms with Crippen molar-refractivity contribution < 1.29 is 14.3 Å². The highest BCUT2D eigenvalue weighted by Crippen LogP contribution is 2.37. The van der Waals surface area contributed by atoms with E-state index in [4.69, 9.17) is 16.3 Å². The van der Waals surface area contributed by atoms with Gasteiger partial charge in [-0.3, -0.25) is 14.3 Å². The number of fused-ring (bicyclic) bond motifs is 1. The molecular formula is C19H21ClN4O3. The summed E-state index contributed by atoms with van der Waals surface area (Å²) < 4.78 is 7.39. The molecule has 27 heavy (non-hydrogen) atoms. The predicted molar refractivity (Wildman–Crippen MR) is 99.5 cm³/mol. The molecule has 142 valence electrons. The van der Waals surface area contributed by atoms with Crippen LogP contribution in [-0.2, 0) is 22.1 Å². The molecule has 1 aromatic carbocycles. The SMILES string of the molecule is Cc1nn(C)c(C(=O)N2CC[C@@]3(c4ccccc4)NC(=O)CO[C@@H]3C2)c1Cl. The number of nitrogens with one attached hydrogen (secondary N) is 1. The summed E-state index contributed by atoms with van der Waals surface area (Å²) in [7, 11) is 1.71. The lowest BCUT2D eigenvalue weighted by atomic mass is 9.77. The Morgan fingerprint density at radius 1 is 1.37 bits per heavy atom. The van der Waals surface area contributed by atoms with Gasteiger partial charge in [-0.25, -0.2) is 0 Å². The van der Waals surface area contributed by atoms with Crippen molar-refractivity contribution in [3.63, 3.8) is 0 Å². The molecule has 2 atom stereocenters. The number of aromatic nitrogens is 2. The Bertz CT molecular complexity index is 898. The number of carbonyl (C=O) groups is 2. The average molecular weight is 389 g/mol. The van der Waals surface area contributed by atoms with Crippen molar-refractivity contribution in [2.24, 2.45) is 7.05 Å². The number of likely N-dealkylation sites (tertiary alicyclic amines) is 1. The van der Waals surface area contributed by atoms with Crippen molar-refractivity contribution in [3.05, 3.63) is 52.3 Å². The lowest BCUT2D eigenvalue weighted by Gasteiger charge is -2.50. The van der Waals surface area contributed by atoms with Crippen molar-refractivity contribution in [1.29, 1.82) is 0 Å². The molecule has 4 rings (SSSR count). The maximum Gasteiger partial charge on any atom is 0.273 e. The Labute approximate surface area is 162 Å². The Morgan fingerprint density at radius 2 is 2.11 bits per heavy atom. The molecule has 2 fully saturated rings. The maximum atomic E-state index is 13.1. The van der Waals surface area contributed by atoms with Crippen molar-refractivity contribution >= 4 is 23.4 Å². The first kappa shape index (κ1) is 18.0. The monoisotopic (exact) mass is 388 g/mol. The Kier molecular flexibility index (Phi) is 4.44. The number of benzene rings is 1. The van der Waals surface area contributed by atoms with E-state index in [9.17, 15) is 9.59 Å². The zero-order valence-electron chi connectivity index (χ0n) is 15.2. The van der Waals surface area contributed by atoms with Gasteiger partial charge in [0, 0.05) is 20.1 Å². The van der Waals surface area contributed by atoms with E-state index in [1.807, 2.05) is 30.3 Å². The van der Waals surface area contributed by atoms with Gasteiger partial charge in [0.15, 0.2) is 0 Å². The van der Waals surface area contributed by atoms with Crippen molar-refractivity contribution in [3.8, 4) is 0 Å². The maximum absolute atomic E-state index is 13.1. The minimum Gasteiger partial charge on any atom is -0.364 e. The normalized spacial score (nSPS) is 25.1. The average Bonchev–Trinajstić information content (AvgIpc) is 2.93. The molecule has 1 N–H and O–H groups in total. The number of piperidine rings is 1. The van der Waals surface area contributed by atoms with Gasteiger partial charge in [-0.2, -0.15) is 5.10 Å². The standard InChI is InChI=1S/C19H21ClN4O3/c1-12-16(20)17(23(2)22-12)18(26)24-9-8-19(13-6-4-3-5-7-13)14(10-24)27-11-15(25)21-19/h3-7,14H,8-11H2,1-2H3,(H,21,25)/t14-,19+/m1/s1. The van der Waals surface area contributed by atoms with Crippen LogP contribution in [0, 0.1) is 6.92 Å². The summed E-state index contributed by atoms with van der Waals surface area (Å²) >= 11 is 6.29. The van der Waals surface area contributed by atoms with Gasteiger partial charge < -0.3 is 15.0 Å². The first-order valence-corrected chi connectivity index (χ1v) is 9.26. The van der Waals surface area contributed by atoms with Crippen molar-refractivity contribution in [2.75, 3.05) is 19.7 Å². The van der Waals surface area contributed by atoms with E-state index in [1.165, 1.54) is 4.68 Å². The summed E-state index contributed by atoms with van der Waals surface area (Å²) in [5.74, 6) is -0.314. The van der Waals surface area contributed by atoms with Crippen LogP contribution >= 0.6 is 11.6 Å². The number of nitrogens with zero attached hydrogens (tertiary/aromatic N) is 3. The van der Waals surface area contributed by atoms with Crippen molar-refractivity contribution in [1.82, 2.24) is 20.0 Å². The molecule has 0 saturated carbocycles. The quantitative estimate of drug-likeness (QED) is 0.848. The summed E-state index contributed by atoms with van der Waals surface area (Å²) in [5.41, 5.74) is 1.37. The number of halogens is 1. The van der Waals surface area contributed by atoms with Crippen LogP contribution < -0.4 is 5.32 Å². The molecule has 0 radical (unpaired) electrons. The fourth-order valence-corrected chi connectivity index (χ4v) is 4.30. The topological polar surface area (TPSA) is 76.5 Å². The van der Waals surface area contributed by atoms with E-state index in [2.05, 4.69) is 10.4 Å². The first-order chi connectivity index (χ1) is 12.9.